The van der Waals surface area contributed by atoms with E-state index >= 15 is 0 Å². The van der Waals surface area contributed by atoms with E-state index in [4.69, 9.17) is 4.42 Å². The van der Waals surface area contributed by atoms with Crippen LogP contribution < -0.4 is 0 Å². The van der Waals surface area contributed by atoms with E-state index in [1.807, 2.05) is 36.4 Å². The molecule has 50 heavy (non-hydrogen) atoms. The Hall–Kier alpha value is -6.86. The number of benzene rings is 7. The van der Waals surface area contributed by atoms with Gasteiger partial charge < -0.3 is 13.6 Å². The van der Waals surface area contributed by atoms with Crippen molar-refractivity contribution in [2.24, 2.45) is 0 Å². The van der Waals surface area contributed by atoms with Crippen LogP contribution in [0.2, 0.25) is 0 Å². The molecule has 0 N–H and O–H groups in total. The second-order valence-electron chi connectivity index (χ2n) is 12.8. The number of aromatic nitrogens is 2. The summed E-state index contributed by atoms with van der Waals surface area (Å²) in [5, 5.41) is 28.3. The molecular weight excluding hydrogens is 633 g/mol. The highest BCUT2D eigenvalue weighted by Crippen LogP contribution is 2.42. The number of thiophene rings is 1. The molecular formula is C44H22N4OS. The number of hydrogen-bond donors (Lipinski definition) is 0. The molecule has 4 heterocycles. The standard InChI is InChI=1S/C44H22N4OS/c45-23-25-9-13-38-31(17-25)29-5-1-3-7-37(29)47(38)27-11-15-41-34(19-27)35-20-28(12-16-42(35)49-41)48-39-14-10-26(24-46)18-32(39)33-22-44-36(21-40(33)48)30-6-2-4-8-43(30)50-44/h1-22H. The van der Waals surface area contributed by atoms with Crippen molar-refractivity contribution in [1.82, 2.24) is 9.13 Å². The Bertz CT molecular complexity index is 3360. The number of para-hydroxylation sites is 1. The fourth-order valence-corrected chi connectivity index (χ4v) is 9.06. The molecule has 4 aromatic heterocycles. The van der Waals surface area contributed by atoms with Crippen LogP contribution in [0.5, 0.6) is 0 Å². The van der Waals surface area contributed by atoms with Crippen LogP contribution in [0.4, 0.5) is 0 Å². The van der Waals surface area contributed by atoms with Gasteiger partial charge in [-0.1, -0.05) is 36.4 Å². The summed E-state index contributed by atoms with van der Waals surface area (Å²) < 4.78 is 13.5. The molecule has 0 aliphatic rings. The van der Waals surface area contributed by atoms with Crippen molar-refractivity contribution in [2.75, 3.05) is 0 Å². The number of nitriles is 2. The Morgan fingerprint density at radius 1 is 0.420 bits per heavy atom. The molecule has 230 valence electrons. The van der Waals surface area contributed by atoms with E-state index in [9.17, 15) is 10.5 Å². The second-order valence-corrected chi connectivity index (χ2v) is 13.9. The van der Waals surface area contributed by atoms with Crippen molar-refractivity contribution in [3.8, 4) is 23.5 Å². The summed E-state index contributed by atoms with van der Waals surface area (Å²) in [6.07, 6.45) is 0. The van der Waals surface area contributed by atoms with Crippen LogP contribution in [0.15, 0.2) is 138 Å². The number of furan rings is 1. The van der Waals surface area contributed by atoms with Crippen LogP contribution in [0.25, 0.3) is 97.1 Å². The Labute approximate surface area is 288 Å². The first kappa shape index (κ1) is 27.1. The van der Waals surface area contributed by atoms with Crippen molar-refractivity contribution in [2.45, 2.75) is 0 Å². The topological polar surface area (TPSA) is 70.6 Å². The van der Waals surface area contributed by atoms with Crippen LogP contribution in [0.1, 0.15) is 11.1 Å². The van der Waals surface area contributed by atoms with Gasteiger partial charge in [0.05, 0.1) is 45.3 Å². The molecule has 0 unspecified atom stereocenters. The van der Waals surface area contributed by atoms with Crippen molar-refractivity contribution in [3.05, 3.63) is 145 Å². The summed E-state index contributed by atoms with van der Waals surface area (Å²) in [6.45, 7) is 0. The Kier molecular flexibility index (Phi) is 5.34. The lowest BCUT2D eigenvalue weighted by Gasteiger charge is -2.09. The van der Waals surface area contributed by atoms with Crippen LogP contribution in [-0.2, 0) is 0 Å². The average molecular weight is 655 g/mol. The summed E-state index contributed by atoms with van der Waals surface area (Å²) in [7, 11) is 0. The lowest BCUT2D eigenvalue weighted by molar-refractivity contribution is 0.669. The first-order valence-corrected chi connectivity index (χ1v) is 17.2. The van der Waals surface area contributed by atoms with Gasteiger partial charge in [0.1, 0.15) is 11.2 Å². The zero-order valence-electron chi connectivity index (χ0n) is 26.3. The number of rotatable bonds is 2. The molecule has 0 saturated carbocycles. The summed E-state index contributed by atoms with van der Waals surface area (Å²) >= 11 is 1.80. The number of fused-ring (bicyclic) bond motifs is 12. The van der Waals surface area contributed by atoms with Gasteiger partial charge in [-0.15, -0.1) is 11.3 Å². The van der Waals surface area contributed by atoms with Crippen molar-refractivity contribution in [1.29, 1.82) is 10.5 Å². The molecule has 0 bridgehead atoms. The maximum Gasteiger partial charge on any atom is 0.135 e. The van der Waals surface area contributed by atoms with Crippen LogP contribution in [0, 0.1) is 22.7 Å². The highest BCUT2D eigenvalue weighted by atomic mass is 32.1. The maximum atomic E-state index is 9.81. The van der Waals surface area contributed by atoms with E-state index in [1.54, 1.807) is 11.3 Å². The first-order chi connectivity index (χ1) is 24.7. The molecule has 6 heteroatoms. The molecule has 0 aliphatic heterocycles. The molecule has 11 aromatic rings. The summed E-state index contributed by atoms with van der Waals surface area (Å²) in [6, 6.07) is 50.8. The van der Waals surface area contributed by atoms with Gasteiger partial charge in [-0.05, 0) is 97.1 Å². The van der Waals surface area contributed by atoms with E-state index in [2.05, 4.69) is 118 Å². The highest BCUT2D eigenvalue weighted by molar-refractivity contribution is 7.25. The average Bonchev–Trinajstić information content (AvgIpc) is 3.90. The zero-order valence-corrected chi connectivity index (χ0v) is 27.1. The van der Waals surface area contributed by atoms with Crippen molar-refractivity contribution < 1.29 is 4.42 Å². The van der Waals surface area contributed by atoms with Crippen LogP contribution in [0.3, 0.4) is 0 Å². The largest absolute Gasteiger partial charge is 0.456 e. The molecule has 0 radical (unpaired) electrons. The fourth-order valence-electron chi connectivity index (χ4n) is 7.94. The zero-order chi connectivity index (χ0) is 33.1. The third-order valence-electron chi connectivity index (χ3n) is 10.1. The monoisotopic (exact) mass is 654 g/mol. The molecule has 0 aliphatic carbocycles. The van der Waals surface area contributed by atoms with Gasteiger partial charge in [-0.2, -0.15) is 10.5 Å². The predicted molar refractivity (Wildman–Crippen MR) is 205 cm³/mol. The minimum atomic E-state index is 0.644. The second kappa shape index (κ2) is 9.84. The molecule has 0 spiro atoms. The highest BCUT2D eigenvalue weighted by Gasteiger charge is 2.19. The van der Waals surface area contributed by atoms with Gasteiger partial charge >= 0.3 is 0 Å². The minimum Gasteiger partial charge on any atom is -0.456 e. The van der Waals surface area contributed by atoms with E-state index in [-0.39, 0.29) is 0 Å². The van der Waals surface area contributed by atoms with E-state index in [0.29, 0.717) is 11.1 Å². The predicted octanol–water partition coefficient (Wildman–Crippen LogP) is 11.9. The van der Waals surface area contributed by atoms with Gasteiger partial charge in [0.25, 0.3) is 0 Å². The Morgan fingerprint density at radius 2 is 0.980 bits per heavy atom. The summed E-state index contributed by atoms with van der Waals surface area (Å²) in [5.41, 5.74) is 9.26. The first-order valence-electron chi connectivity index (χ1n) is 16.4. The number of nitrogens with zero attached hydrogens (tertiary/aromatic N) is 4. The van der Waals surface area contributed by atoms with Crippen molar-refractivity contribution in [3.63, 3.8) is 0 Å². The normalized spacial score (nSPS) is 12.0. The summed E-state index contributed by atoms with van der Waals surface area (Å²) in [4.78, 5) is 0. The van der Waals surface area contributed by atoms with E-state index in [1.165, 1.54) is 20.2 Å². The van der Waals surface area contributed by atoms with E-state index in [0.717, 1.165) is 76.9 Å². The molecule has 5 nitrogen and oxygen atoms in total. The fraction of sp³-hybridized carbons (Fsp3) is 0. The third kappa shape index (κ3) is 3.63. The van der Waals surface area contributed by atoms with Gasteiger partial charge in [0.2, 0.25) is 0 Å². The van der Waals surface area contributed by atoms with Crippen LogP contribution >= 0.6 is 11.3 Å². The van der Waals surface area contributed by atoms with Gasteiger partial charge in [0, 0.05) is 63.9 Å². The van der Waals surface area contributed by atoms with Gasteiger partial charge in [-0.3, -0.25) is 0 Å². The SMILES string of the molecule is N#Cc1ccc2c(c1)c1ccccc1n2-c1ccc2oc3ccc(-n4c5ccc(C#N)cc5c5cc6sc7ccccc7c6cc54)cc3c2c1. The quantitative estimate of drug-likeness (QED) is 0.186. The Morgan fingerprint density at radius 3 is 1.66 bits per heavy atom. The minimum absolute atomic E-state index is 0.644. The van der Waals surface area contributed by atoms with Gasteiger partial charge in [0.15, 0.2) is 0 Å². The molecule has 0 saturated heterocycles. The lowest BCUT2D eigenvalue weighted by Crippen LogP contribution is -1.94. The molecule has 0 atom stereocenters. The van der Waals surface area contributed by atoms with Gasteiger partial charge in [-0.25, -0.2) is 0 Å². The third-order valence-corrected chi connectivity index (χ3v) is 11.3. The molecule has 0 fully saturated rings. The Balaban J connectivity index is 1.18. The molecule has 7 aromatic carbocycles. The van der Waals surface area contributed by atoms with Crippen LogP contribution in [-0.4, -0.2) is 9.13 Å². The summed E-state index contributed by atoms with van der Waals surface area (Å²) in [5.74, 6) is 0. The van der Waals surface area contributed by atoms with Crippen molar-refractivity contribution >= 4 is 97.1 Å². The van der Waals surface area contributed by atoms with E-state index < -0.39 is 0 Å². The molecule has 11 rings (SSSR count). The number of hydrogen-bond acceptors (Lipinski definition) is 4. The lowest BCUT2D eigenvalue weighted by atomic mass is 10.1. The maximum absolute atomic E-state index is 9.81. The smallest absolute Gasteiger partial charge is 0.135 e. The molecule has 0 amide bonds.